The third kappa shape index (κ3) is 2.53. The van der Waals surface area contributed by atoms with Crippen LogP contribution in [0.4, 0.5) is 0 Å². The molecule has 2 aromatic carbocycles. The summed E-state index contributed by atoms with van der Waals surface area (Å²) < 4.78 is 6.30. The summed E-state index contributed by atoms with van der Waals surface area (Å²) in [6.45, 7) is 0. The van der Waals surface area contributed by atoms with Gasteiger partial charge in [0, 0.05) is 17.0 Å². The molecule has 0 radical (unpaired) electrons. The lowest BCUT2D eigenvalue weighted by Crippen LogP contribution is -2.33. The molecule has 3 nitrogen and oxygen atoms in total. The molecule has 0 saturated heterocycles. The summed E-state index contributed by atoms with van der Waals surface area (Å²) in [6, 6.07) is 20.5. The van der Waals surface area contributed by atoms with Crippen LogP contribution in [0.15, 0.2) is 71.1 Å². The summed E-state index contributed by atoms with van der Waals surface area (Å²) in [4.78, 5) is 1.17. The van der Waals surface area contributed by atoms with E-state index in [4.69, 9.17) is 21.4 Å². The maximum Gasteiger partial charge on any atom is 0.222 e. The van der Waals surface area contributed by atoms with E-state index in [0.717, 1.165) is 28.5 Å². The van der Waals surface area contributed by atoms with Gasteiger partial charge in [0.15, 0.2) is 0 Å². The number of hydrazone groups is 1. The molecule has 25 heavy (non-hydrogen) atoms. The molecule has 0 aliphatic carbocycles. The average Bonchev–Trinajstić information content (AvgIpc) is 3.32. The van der Waals surface area contributed by atoms with E-state index in [9.17, 15) is 0 Å². The number of halogens is 1. The normalized spacial score (nSPS) is 21.3. The second kappa shape index (κ2) is 5.90. The summed E-state index contributed by atoms with van der Waals surface area (Å²) in [5, 5.41) is 9.86. The molecule has 3 aromatic rings. The van der Waals surface area contributed by atoms with Gasteiger partial charge >= 0.3 is 0 Å². The zero-order chi connectivity index (χ0) is 16.8. The van der Waals surface area contributed by atoms with Crippen LogP contribution >= 0.6 is 22.9 Å². The van der Waals surface area contributed by atoms with Crippen molar-refractivity contribution in [3.63, 3.8) is 0 Å². The smallest absolute Gasteiger partial charge is 0.222 e. The van der Waals surface area contributed by atoms with Gasteiger partial charge in [-0.3, -0.25) is 0 Å². The fraction of sp³-hybridized carbons (Fsp3) is 0.150. The minimum absolute atomic E-state index is 0.176. The zero-order valence-corrected chi connectivity index (χ0v) is 14.9. The van der Waals surface area contributed by atoms with Crippen LogP contribution in [0.25, 0.3) is 0 Å². The molecule has 5 rings (SSSR count). The quantitative estimate of drug-likeness (QED) is 0.586. The number of rotatable bonds is 2. The van der Waals surface area contributed by atoms with E-state index in [0.29, 0.717) is 0 Å². The molecule has 1 aromatic heterocycles. The topological polar surface area (TPSA) is 24.8 Å². The van der Waals surface area contributed by atoms with Crippen molar-refractivity contribution in [3.05, 3.63) is 87.1 Å². The Morgan fingerprint density at radius 2 is 1.88 bits per heavy atom. The van der Waals surface area contributed by atoms with Crippen molar-refractivity contribution in [2.45, 2.75) is 18.7 Å². The number of benzene rings is 2. The van der Waals surface area contributed by atoms with Crippen molar-refractivity contribution in [1.29, 1.82) is 0 Å². The number of hydrogen-bond acceptors (Lipinski definition) is 4. The van der Waals surface area contributed by atoms with Crippen LogP contribution in [0.2, 0.25) is 5.02 Å². The van der Waals surface area contributed by atoms with Crippen LogP contribution in [0.3, 0.4) is 0 Å². The van der Waals surface area contributed by atoms with E-state index in [1.165, 1.54) is 10.4 Å². The first-order valence-corrected chi connectivity index (χ1v) is 9.46. The molecule has 0 bridgehead atoms. The van der Waals surface area contributed by atoms with Crippen LogP contribution < -0.4 is 4.74 Å². The molecular formula is C20H15ClN2OS. The van der Waals surface area contributed by atoms with Crippen molar-refractivity contribution in [1.82, 2.24) is 5.01 Å². The highest BCUT2D eigenvalue weighted by molar-refractivity contribution is 7.10. The highest BCUT2D eigenvalue weighted by Crippen LogP contribution is 2.48. The number of thiophene rings is 1. The predicted octanol–water partition coefficient (Wildman–Crippen LogP) is 5.64. The molecule has 3 heterocycles. The Morgan fingerprint density at radius 3 is 2.68 bits per heavy atom. The summed E-state index contributed by atoms with van der Waals surface area (Å²) in [6.07, 6.45) is 0.689. The Hall–Kier alpha value is -2.30. The highest BCUT2D eigenvalue weighted by atomic mass is 35.5. The molecule has 0 unspecified atom stereocenters. The van der Waals surface area contributed by atoms with Gasteiger partial charge in [0.2, 0.25) is 6.23 Å². The Morgan fingerprint density at radius 1 is 1.04 bits per heavy atom. The Labute approximate surface area is 155 Å². The lowest BCUT2D eigenvalue weighted by molar-refractivity contribution is -0.0165. The van der Waals surface area contributed by atoms with Gasteiger partial charge in [0.05, 0.1) is 16.6 Å². The first-order chi connectivity index (χ1) is 12.3. The van der Waals surface area contributed by atoms with Crippen LogP contribution in [0, 0.1) is 0 Å². The third-order valence-electron chi connectivity index (χ3n) is 4.66. The van der Waals surface area contributed by atoms with Gasteiger partial charge in [-0.15, -0.1) is 11.3 Å². The summed E-state index contributed by atoms with van der Waals surface area (Å²) in [7, 11) is 0. The van der Waals surface area contributed by atoms with E-state index in [2.05, 4.69) is 34.7 Å². The SMILES string of the molecule is Clc1ccc(C2=NN3[C@H](C2)c2ccccc2O[C@@H]3c2cccs2)cc1. The van der Waals surface area contributed by atoms with E-state index in [1.807, 2.05) is 36.4 Å². The van der Waals surface area contributed by atoms with Crippen LogP contribution in [0.5, 0.6) is 5.75 Å². The van der Waals surface area contributed by atoms with Gasteiger partial charge in [-0.25, -0.2) is 5.01 Å². The fourth-order valence-electron chi connectivity index (χ4n) is 3.47. The lowest BCUT2D eigenvalue weighted by Gasteiger charge is -2.37. The third-order valence-corrected chi connectivity index (χ3v) is 5.82. The number of ether oxygens (including phenoxy) is 1. The molecular weight excluding hydrogens is 352 g/mol. The molecule has 2 aliphatic heterocycles. The largest absolute Gasteiger partial charge is 0.464 e. The zero-order valence-electron chi connectivity index (χ0n) is 13.3. The van der Waals surface area contributed by atoms with Crippen LogP contribution in [-0.2, 0) is 0 Å². The Balaban J connectivity index is 1.59. The maximum absolute atomic E-state index is 6.30. The van der Waals surface area contributed by atoms with Gasteiger partial charge in [-0.1, -0.05) is 48.0 Å². The number of fused-ring (bicyclic) bond motifs is 3. The minimum atomic E-state index is -0.176. The number of para-hydroxylation sites is 1. The van der Waals surface area contributed by atoms with E-state index in [1.54, 1.807) is 11.3 Å². The molecule has 0 saturated carbocycles. The van der Waals surface area contributed by atoms with E-state index < -0.39 is 0 Å². The fourth-order valence-corrected chi connectivity index (χ4v) is 4.34. The van der Waals surface area contributed by atoms with Crippen LogP contribution in [0.1, 0.15) is 34.7 Å². The number of nitrogens with zero attached hydrogens (tertiary/aromatic N) is 2. The first-order valence-electron chi connectivity index (χ1n) is 8.20. The van der Waals surface area contributed by atoms with E-state index in [-0.39, 0.29) is 12.3 Å². The molecule has 2 aliphatic rings. The summed E-state index contributed by atoms with van der Waals surface area (Å²) in [5.41, 5.74) is 3.38. The standard InChI is InChI=1S/C20H15ClN2OS/c21-14-9-7-13(8-10-14)16-12-17-15-4-1-2-5-18(15)24-20(23(17)22-16)19-6-3-11-25-19/h1-11,17,20H,12H2/t17-,20-/m1/s1. The second-order valence-electron chi connectivity index (χ2n) is 6.18. The monoisotopic (exact) mass is 366 g/mol. The minimum Gasteiger partial charge on any atom is -0.464 e. The van der Waals surface area contributed by atoms with Crippen molar-refractivity contribution in [2.75, 3.05) is 0 Å². The van der Waals surface area contributed by atoms with E-state index >= 15 is 0 Å². The van der Waals surface area contributed by atoms with Gasteiger partial charge in [-0.05, 0) is 35.2 Å². The number of hydrogen-bond donors (Lipinski definition) is 0. The second-order valence-corrected chi connectivity index (χ2v) is 7.59. The van der Waals surface area contributed by atoms with Gasteiger partial charge in [0.1, 0.15) is 5.75 Å². The van der Waals surface area contributed by atoms with Crippen molar-refractivity contribution in [3.8, 4) is 5.75 Å². The van der Waals surface area contributed by atoms with Crippen molar-refractivity contribution < 1.29 is 4.74 Å². The highest BCUT2D eigenvalue weighted by Gasteiger charge is 2.41. The Bertz CT molecular complexity index is 937. The van der Waals surface area contributed by atoms with Crippen LogP contribution in [-0.4, -0.2) is 10.7 Å². The van der Waals surface area contributed by atoms with Gasteiger partial charge in [0.25, 0.3) is 0 Å². The molecule has 0 N–H and O–H groups in total. The molecule has 5 heteroatoms. The van der Waals surface area contributed by atoms with Crippen molar-refractivity contribution in [2.24, 2.45) is 5.10 Å². The average molecular weight is 367 g/mol. The Kier molecular flexibility index (Phi) is 3.54. The van der Waals surface area contributed by atoms with Crippen molar-refractivity contribution >= 4 is 28.6 Å². The van der Waals surface area contributed by atoms with Gasteiger partial charge in [-0.2, -0.15) is 5.10 Å². The maximum atomic E-state index is 6.30. The predicted molar refractivity (Wildman–Crippen MR) is 101 cm³/mol. The molecule has 0 spiro atoms. The lowest BCUT2D eigenvalue weighted by atomic mass is 9.96. The molecule has 2 atom stereocenters. The van der Waals surface area contributed by atoms with Gasteiger partial charge < -0.3 is 4.74 Å². The molecule has 0 fully saturated rings. The molecule has 124 valence electrons. The summed E-state index contributed by atoms with van der Waals surface area (Å²) >= 11 is 7.73. The first kappa shape index (κ1) is 15.0. The molecule has 0 amide bonds. The summed E-state index contributed by atoms with van der Waals surface area (Å²) in [5.74, 6) is 0.953.